The van der Waals surface area contributed by atoms with E-state index in [1.165, 1.54) is 18.2 Å². The Balaban J connectivity index is 0.000000553. The minimum absolute atomic E-state index is 0.0663. The topological polar surface area (TPSA) is 133 Å². The normalized spacial score (nSPS) is 17.2. The molecule has 1 aliphatic rings. The monoisotopic (exact) mass is 476 g/mol. The van der Waals surface area contributed by atoms with E-state index in [2.05, 4.69) is 9.62 Å². The molecule has 1 aromatic carbocycles. The Bertz CT molecular complexity index is 865. The average molecular weight is 477 g/mol. The summed E-state index contributed by atoms with van der Waals surface area (Å²) < 4.78 is 62.3. The van der Waals surface area contributed by atoms with Crippen LogP contribution in [0.15, 0.2) is 18.2 Å². The fourth-order valence-electron chi connectivity index (χ4n) is 2.47. The second kappa shape index (κ2) is 10.8. The fourth-order valence-corrected chi connectivity index (χ4v) is 3.50. The number of benzene rings is 1. The Kier molecular flexibility index (Phi) is 9.34. The highest BCUT2D eigenvalue weighted by Crippen LogP contribution is 2.25. The first-order valence-corrected chi connectivity index (χ1v) is 10.6. The molecule has 1 heterocycles. The van der Waals surface area contributed by atoms with E-state index in [1.807, 2.05) is 0 Å². The summed E-state index contributed by atoms with van der Waals surface area (Å²) in [7, 11) is -3.18. The molecule has 0 radical (unpaired) electrons. The van der Waals surface area contributed by atoms with Gasteiger partial charge in [-0.25, -0.2) is 22.7 Å². The lowest BCUT2D eigenvalue weighted by Crippen LogP contribution is -2.37. The van der Waals surface area contributed by atoms with Crippen LogP contribution >= 0.6 is 11.6 Å². The lowest BCUT2D eigenvalue weighted by molar-refractivity contribution is -0.192. The van der Waals surface area contributed by atoms with Gasteiger partial charge in [0.05, 0.1) is 16.8 Å². The van der Waals surface area contributed by atoms with Gasteiger partial charge < -0.3 is 14.9 Å². The Morgan fingerprint density at radius 3 is 2.40 bits per heavy atom. The molecule has 170 valence electrons. The van der Waals surface area contributed by atoms with E-state index in [9.17, 15) is 26.4 Å². The lowest BCUT2D eigenvalue weighted by Gasteiger charge is -2.17. The fraction of sp³-hybridized carbons (Fsp3) is 0.500. The van der Waals surface area contributed by atoms with Gasteiger partial charge in [-0.2, -0.15) is 13.2 Å². The van der Waals surface area contributed by atoms with Crippen molar-refractivity contribution in [2.75, 3.05) is 32.5 Å². The van der Waals surface area contributed by atoms with Crippen molar-refractivity contribution in [3.05, 3.63) is 28.8 Å². The maximum atomic E-state index is 11.2. The average Bonchev–Trinajstić information content (AvgIpc) is 3.01. The molecule has 0 bridgehead atoms. The SMILES string of the molecule is CS(=O)(=O)NC1CCN(CCOc2ccc(C(=O)O)cc2Cl)C1.O=C(O)C(F)(F)F. The summed E-state index contributed by atoms with van der Waals surface area (Å²) >= 11 is 5.99. The molecule has 0 amide bonds. The van der Waals surface area contributed by atoms with Gasteiger partial charge in [-0.15, -0.1) is 0 Å². The van der Waals surface area contributed by atoms with E-state index in [-0.39, 0.29) is 16.6 Å². The first-order chi connectivity index (χ1) is 13.7. The Labute approximate surface area is 175 Å². The van der Waals surface area contributed by atoms with Crippen LogP contribution in [0.3, 0.4) is 0 Å². The molecule has 1 atom stereocenters. The number of aliphatic carboxylic acids is 1. The number of rotatable bonds is 7. The summed E-state index contributed by atoms with van der Waals surface area (Å²) in [5.74, 6) is -3.37. The Morgan fingerprint density at radius 2 is 1.93 bits per heavy atom. The number of aromatic carboxylic acids is 1. The molecule has 9 nitrogen and oxygen atoms in total. The minimum atomic E-state index is -5.08. The number of alkyl halides is 3. The number of hydrogen-bond donors (Lipinski definition) is 3. The van der Waals surface area contributed by atoms with E-state index in [4.69, 9.17) is 31.3 Å². The molecule has 1 aliphatic heterocycles. The molecule has 3 N–H and O–H groups in total. The van der Waals surface area contributed by atoms with Crippen molar-refractivity contribution in [1.29, 1.82) is 0 Å². The number of ether oxygens (including phenoxy) is 1. The van der Waals surface area contributed by atoms with Crippen LogP contribution in [-0.4, -0.2) is 80.2 Å². The van der Waals surface area contributed by atoms with Gasteiger partial charge in [-0.1, -0.05) is 11.6 Å². The maximum Gasteiger partial charge on any atom is 0.490 e. The van der Waals surface area contributed by atoms with Crippen LogP contribution in [0.2, 0.25) is 5.02 Å². The van der Waals surface area contributed by atoms with E-state index in [1.54, 1.807) is 0 Å². The van der Waals surface area contributed by atoms with Crippen LogP contribution < -0.4 is 9.46 Å². The van der Waals surface area contributed by atoms with Gasteiger partial charge in [0.1, 0.15) is 12.4 Å². The molecule has 14 heteroatoms. The number of hydrogen-bond acceptors (Lipinski definition) is 6. The third kappa shape index (κ3) is 9.61. The van der Waals surface area contributed by atoms with Crippen molar-refractivity contribution in [2.45, 2.75) is 18.6 Å². The highest BCUT2D eigenvalue weighted by atomic mass is 35.5. The van der Waals surface area contributed by atoms with E-state index >= 15 is 0 Å². The molecule has 0 aliphatic carbocycles. The number of carboxylic acids is 2. The zero-order chi connectivity index (χ0) is 23.1. The number of nitrogens with zero attached hydrogens (tertiary/aromatic N) is 1. The van der Waals surface area contributed by atoms with Crippen LogP contribution in [0.5, 0.6) is 5.75 Å². The van der Waals surface area contributed by atoms with Crippen LogP contribution in [0.4, 0.5) is 13.2 Å². The first kappa shape index (κ1) is 25.9. The zero-order valence-electron chi connectivity index (χ0n) is 15.6. The third-order valence-corrected chi connectivity index (χ3v) is 4.80. The number of carboxylic acid groups (broad SMARTS) is 2. The van der Waals surface area contributed by atoms with Crippen LogP contribution in [-0.2, 0) is 14.8 Å². The molecule has 30 heavy (non-hydrogen) atoms. The number of carbonyl (C=O) groups is 2. The third-order valence-electron chi connectivity index (χ3n) is 3.74. The largest absolute Gasteiger partial charge is 0.491 e. The van der Waals surface area contributed by atoms with Gasteiger partial charge in [-0.05, 0) is 31.2 Å². The van der Waals surface area contributed by atoms with Crippen LogP contribution in [0.25, 0.3) is 0 Å². The number of sulfonamides is 1. The number of likely N-dealkylation sites (tertiary alicyclic amines) is 1. The summed E-state index contributed by atoms with van der Waals surface area (Å²) in [5.41, 5.74) is 0.108. The van der Waals surface area contributed by atoms with Crippen molar-refractivity contribution in [3.63, 3.8) is 0 Å². The molecule has 2 rings (SSSR count). The van der Waals surface area contributed by atoms with Gasteiger partial charge in [0, 0.05) is 19.1 Å². The Morgan fingerprint density at radius 1 is 1.33 bits per heavy atom. The van der Waals surface area contributed by atoms with Crippen molar-refractivity contribution in [1.82, 2.24) is 9.62 Å². The molecule has 1 aromatic rings. The van der Waals surface area contributed by atoms with Gasteiger partial charge in [0.25, 0.3) is 0 Å². The van der Waals surface area contributed by atoms with Gasteiger partial charge in [0.15, 0.2) is 0 Å². The molecule has 0 spiro atoms. The zero-order valence-corrected chi connectivity index (χ0v) is 17.2. The van der Waals surface area contributed by atoms with Gasteiger partial charge >= 0.3 is 18.1 Å². The smallest absolute Gasteiger partial charge is 0.490 e. The second-order valence-electron chi connectivity index (χ2n) is 6.28. The molecule has 1 fully saturated rings. The summed E-state index contributed by atoms with van der Waals surface area (Å²) in [5, 5.41) is 16.2. The quantitative estimate of drug-likeness (QED) is 0.541. The second-order valence-corrected chi connectivity index (χ2v) is 8.47. The van der Waals surface area contributed by atoms with Crippen LogP contribution in [0.1, 0.15) is 16.8 Å². The first-order valence-electron chi connectivity index (χ1n) is 8.34. The van der Waals surface area contributed by atoms with Gasteiger partial charge in [0.2, 0.25) is 10.0 Å². The van der Waals surface area contributed by atoms with Crippen molar-refractivity contribution < 1.29 is 46.1 Å². The molecule has 0 aromatic heterocycles. The number of nitrogens with one attached hydrogen (secondary N) is 1. The van der Waals surface area contributed by atoms with E-state index in [0.29, 0.717) is 25.4 Å². The predicted molar refractivity (Wildman–Crippen MR) is 100 cm³/mol. The molecular formula is C16H20ClF3N2O7S. The van der Waals surface area contributed by atoms with Crippen molar-refractivity contribution in [3.8, 4) is 5.75 Å². The van der Waals surface area contributed by atoms with Crippen molar-refractivity contribution in [2.24, 2.45) is 0 Å². The standard InChI is InChI=1S/C14H19ClN2O5S.C2HF3O2/c1-23(20,21)16-11-4-5-17(9-11)6-7-22-13-3-2-10(14(18)19)8-12(13)15;3-2(4,5)1(6)7/h2-3,8,11,16H,4-7,9H2,1H3,(H,18,19);(H,6,7). The summed E-state index contributed by atoms with van der Waals surface area (Å²) in [6.07, 6.45) is -3.16. The summed E-state index contributed by atoms with van der Waals surface area (Å²) in [6.45, 7) is 2.46. The summed E-state index contributed by atoms with van der Waals surface area (Å²) in [6, 6.07) is 4.25. The molecule has 1 unspecified atom stereocenters. The van der Waals surface area contributed by atoms with E-state index < -0.39 is 28.1 Å². The minimum Gasteiger partial charge on any atom is -0.491 e. The molecule has 1 saturated heterocycles. The number of halogens is 4. The Hall–Kier alpha value is -2.09. The van der Waals surface area contributed by atoms with E-state index in [0.717, 1.165) is 19.2 Å². The van der Waals surface area contributed by atoms with Crippen LogP contribution in [0, 0.1) is 0 Å². The van der Waals surface area contributed by atoms with Crippen molar-refractivity contribution >= 4 is 33.6 Å². The van der Waals surface area contributed by atoms with Gasteiger partial charge in [-0.3, -0.25) is 4.90 Å². The highest BCUT2D eigenvalue weighted by molar-refractivity contribution is 7.88. The lowest BCUT2D eigenvalue weighted by atomic mass is 10.2. The molecular weight excluding hydrogens is 457 g/mol. The highest BCUT2D eigenvalue weighted by Gasteiger charge is 2.38. The maximum absolute atomic E-state index is 11.2. The predicted octanol–water partition coefficient (Wildman–Crippen LogP) is 1.67. The summed E-state index contributed by atoms with van der Waals surface area (Å²) in [4.78, 5) is 21.8. The molecule has 0 saturated carbocycles.